The van der Waals surface area contributed by atoms with Crippen LogP contribution in [0.1, 0.15) is 23.3 Å². The van der Waals surface area contributed by atoms with Crippen molar-refractivity contribution in [3.63, 3.8) is 0 Å². The van der Waals surface area contributed by atoms with Gasteiger partial charge in [0.15, 0.2) is 0 Å². The predicted octanol–water partition coefficient (Wildman–Crippen LogP) is 2.40. The quantitative estimate of drug-likeness (QED) is 0.782. The summed E-state index contributed by atoms with van der Waals surface area (Å²) in [5.74, 6) is 0.575. The van der Waals surface area contributed by atoms with Gasteiger partial charge in [0.25, 0.3) is 10.0 Å². The molecule has 2 heterocycles. The molecule has 26 heavy (non-hydrogen) atoms. The minimum absolute atomic E-state index is 0.150. The van der Waals surface area contributed by atoms with Gasteiger partial charge in [-0.3, -0.25) is 4.79 Å². The fourth-order valence-electron chi connectivity index (χ4n) is 2.91. The monoisotopic (exact) mass is 394 g/mol. The lowest BCUT2D eigenvalue weighted by molar-refractivity contribution is -0.120. The third-order valence-corrected chi connectivity index (χ3v) is 7.75. The molecule has 1 aromatic heterocycles. The first-order valence-corrected chi connectivity index (χ1v) is 10.7. The molecule has 3 rings (SSSR count). The van der Waals surface area contributed by atoms with Gasteiger partial charge in [-0.1, -0.05) is 18.2 Å². The Morgan fingerprint density at radius 3 is 2.65 bits per heavy atom. The van der Waals surface area contributed by atoms with Crippen molar-refractivity contribution in [2.45, 2.75) is 30.0 Å². The zero-order valence-electron chi connectivity index (χ0n) is 14.6. The van der Waals surface area contributed by atoms with Crippen molar-refractivity contribution in [3.05, 3.63) is 46.8 Å². The maximum atomic E-state index is 12.5. The van der Waals surface area contributed by atoms with Gasteiger partial charge in [-0.15, -0.1) is 11.3 Å². The van der Waals surface area contributed by atoms with E-state index in [2.05, 4.69) is 5.32 Å². The van der Waals surface area contributed by atoms with Crippen LogP contribution in [0.5, 0.6) is 5.75 Å². The standard InChI is InChI=1S/C18H22N2O4S2/c1-24-16-7-3-2-6-14(16)13-19-17(21)12-15-8-9-18(25-15)26(22,23)20-10-4-5-11-20/h2-3,6-9H,4-5,10-13H2,1H3,(H,19,21). The van der Waals surface area contributed by atoms with E-state index in [-0.39, 0.29) is 12.3 Å². The number of para-hydroxylation sites is 1. The molecule has 0 unspecified atom stereocenters. The van der Waals surface area contributed by atoms with Gasteiger partial charge in [0.2, 0.25) is 5.91 Å². The van der Waals surface area contributed by atoms with E-state index in [1.807, 2.05) is 24.3 Å². The van der Waals surface area contributed by atoms with Crippen molar-refractivity contribution >= 4 is 27.3 Å². The highest BCUT2D eigenvalue weighted by molar-refractivity contribution is 7.91. The molecular formula is C18H22N2O4S2. The zero-order valence-corrected chi connectivity index (χ0v) is 16.2. The van der Waals surface area contributed by atoms with Crippen LogP contribution in [0.15, 0.2) is 40.6 Å². The highest BCUT2D eigenvalue weighted by Gasteiger charge is 2.28. The number of thiophene rings is 1. The topological polar surface area (TPSA) is 75.7 Å². The summed E-state index contributed by atoms with van der Waals surface area (Å²) in [4.78, 5) is 12.9. The van der Waals surface area contributed by atoms with Crippen LogP contribution in [0.2, 0.25) is 0 Å². The largest absolute Gasteiger partial charge is 0.496 e. The Hall–Kier alpha value is -1.90. The smallest absolute Gasteiger partial charge is 0.252 e. The van der Waals surface area contributed by atoms with E-state index in [0.717, 1.165) is 29.0 Å². The number of methoxy groups -OCH3 is 1. The third kappa shape index (κ3) is 4.25. The fourth-order valence-corrected chi connectivity index (χ4v) is 5.94. The van der Waals surface area contributed by atoms with Crippen molar-refractivity contribution in [3.8, 4) is 5.75 Å². The summed E-state index contributed by atoms with van der Waals surface area (Å²) in [6.45, 7) is 1.52. The summed E-state index contributed by atoms with van der Waals surface area (Å²) in [7, 11) is -1.82. The molecule has 6 nitrogen and oxygen atoms in total. The molecule has 1 saturated heterocycles. The van der Waals surface area contributed by atoms with Crippen molar-refractivity contribution in [2.75, 3.05) is 20.2 Å². The Morgan fingerprint density at radius 2 is 1.92 bits per heavy atom. The van der Waals surface area contributed by atoms with Crippen LogP contribution in [0.4, 0.5) is 0 Å². The van der Waals surface area contributed by atoms with Crippen LogP contribution in [0.25, 0.3) is 0 Å². The summed E-state index contributed by atoms with van der Waals surface area (Å²) in [5, 5.41) is 2.85. The van der Waals surface area contributed by atoms with Gasteiger partial charge in [-0.2, -0.15) is 4.31 Å². The number of ether oxygens (including phenoxy) is 1. The van der Waals surface area contributed by atoms with Crippen LogP contribution < -0.4 is 10.1 Å². The molecular weight excluding hydrogens is 372 g/mol. The lowest BCUT2D eigenvalue weighted by Crippen LogP contribution is -2.27. The van der Waals surface area contributed by atoms with Crippen molar-refractivity contribution in [1.29, 1.82) is 0 Å². The molecule has 140 valence electrons. The Morgan fingerprint density at radius 1 is 1.19 bits per heavy atom. The summed E-state index contributed by atoms with van der Waals surface area (Å²) >= 11 is 1.17. The highest BCUT2D eigenvalue weighted by atomic mass is 32.2. The van der Waals surface area contributed by atoms with E-state index in [9.17, 15) is 13.2 Å². The Balaban J connectivity index is 1.59. The number of sulfonamides is 1. The average Bonchev–Trinajstić information content (AvgIpc) is 3.32. The molecule has 1 aliphatic rings. The second-order valence-electron chi connectivity index (χ2n) is 6.10. The molecule has 1 N–H and O–H groups in total. The minimum Gasteiger partial charge on any atom is -0.496 e. The lowest BCUT2D eigenvalue weighted by atomic mass is 10.2. The molecule has 0 radical (unpaired) electrons. The van der Waals surface area contributed by atoms with E-state index < -0.39 is 10.0 Å². The van der Waals surface area contributed by atoms with Crippen molar-refractivity contribution in [2.24, 2.45) is 0 Å². The number of benzene rings is 1. The first-order chi connectivity index (χ1) is 12.5. The van der Waals surface area contributed by atoms with Gasteiger partial charge in [0, 0.05) is 30.1 Å². The number of nitrogens with one attached hydrogen (secondary N) is 1. The summed E-state index contributed by atoms with van der Waals surface area (Å²) < 4.78 is 32.2. The molecule has 1 amide bonds. The van der Waals surface area contributed by atoms with Crippen LogP contribution in [-0.2, 0) is 27.8 Å². The number of hydrogen-bond donors (Lipinski definition) is 1. The Bertz CT molecular complexity index is 871. The molecule has 0 bridgehead atoms. The summed E-state index contributed by atoms with van der Waals surface area (Å²) in [5.41, 5.74) is 0.895. The van der Waals surface area contributed by atoms with Gasteiger partial charge in [-0.25, -0.2) is 8.42 Å². The molecule has 1 fully saturated rings. The molecule has 0 aliphatic carbocycles. The number of rotatable bonds is 7. The number of amides is 1. The van der Waals surface area contributed by atoms with E-state index in [1.165, 1.54) is 15.6 Å². The van der Waals surface area contributed by atoms with E-state index in [4.69, 9.17) is 4.74 Å². The van der Waals surface area contributed by atoms with Gasteiger partial charge in [0.1, 0.15) is 9.96 Å². The molecule has 0 atom stereocenters. The maximum absolute atomic E-state index is 12.5. The second-order valence-corrected chi connectivity index (χ2v) is 9.43. The molecule has 0 spiro atoms. The SMILES string of the molecule is COc1ccccc1CNC(=O)Cc1ccc(S(=O)(=O)N2CCCC2)s1. The van der Waals surface area contributed by atoms with E-state index in [0.29, 0.717) is 23.8 Å². The second kappa shape index (κ2) is 8.20. The van der Waals surface area contributed by atoms with E-state index in [1.54, 1.807) is 19.2 Å². The van der Waals surface area contributed by atoms with Gasteiger partial charge < -0.3 is 10.1 Å². The number of nitrogens with zero attached hydrogens (tertiary/aromatic N) is 1. The third-order valence-electron chi connectivity index (χ3n) is 4.30. The zero-order chi connectivity index (χ0) is 18.6. The Labute approximate surface area is 157 Å². The normalized spacial score (nSPS) is 15.1. The van der Waals surface area contributed by atoms with Gasteiger partial charge in [0.05, 0.1) is 13.5 Å². The molecule has 0 saturated carbocycles. The molecule has 2 aromatic rings. The summed E-state index contributed by atoms with van der Waals surface area (Å²) in [6, 6.07) is 10.8. The highest BCUT2D eigenvalue weighted by Crippen LogP contribution is 2.27. The fraction of sp³-hybridized carbons (Fsp3) is 0.389. The molecule has 8 heteroatoms. The van der Waals surface area contributed by atoms with Crippen LogP contribution in [0, 0.1) is 0 Å². The van der Waals surface area contributed by atoms with Crippen molar-refractivity contribution in [1.82, 2.24) is 9.62 Å². The maximum Gasteiger partial charge on any atom is 0.252 e. The number of carbonyl (C=O) groups excluding carboxylic acids is 1. The van der Waals surface area contributed by atoms with Crippen LogP contribution in [0.3, 0.4) is 0 Å². The van der Waals surface area contributed by atoms with Crippen LogP contribution >= 0.6 is 11.3 Å². The number of hydrogen-bond acceptors (Lipinski definition) is 5. The van der Waals surface area contributed by atoms with Gasteiger partial charge >= 0.3 is 0 Å². The number of carbonyl (C=O) groups is 1. The molecule has 1 aromatic carbocycles. The molecule has 1 aliphatic heterocycles. The minimum atomic E-state index is -3.41. The van der Waals surface area contributed by atoms with Crippen LogP contribution in [-0.4, -0.2) is 38.8 Å². The lowest BCUT2D eigenvalue weighted by Gasteiger charge is -2.13. The van der Waals surface area contributed by atoms with Crippen molar-refractivity contribution < 1.29 is 17.9 Å². The predicted molar refractivity (Wildman–Crippen MR) is 101 cm³/mol. The van der Waals surface area contributed by atoms with E-state index >= 15 is 0 Å². The van der Waals surface area contributed by atoms with Gasteiger partial charge in [-0.05, 0) is 31.0 Å². The Kier molecular flexibility index (Phi) is 5.95. The summed E-state index contributed by atoms with van der Waals surface area (Å²) in [6.07, 6.45) is 1.97. The first kappa shape index (κ1) is 18.9. The average molecular weight is 395 g/mol. The first-order valence-electron chi connectivity index (χ1n) is 8.48.